The zero-order valence-electron chi connectivity index (χ0n) is 9.84. The standard InChI is InChI=1S/C11H25NO2/c1-11(2)5-4-6-12-7-8-14-10-9-13-3/h11-12H,4-10H2,1-3H3. The Morgan fingerprint density at radius 1 is 1.07 bits per heavy atom. The van der Waals surface area contributed by atoms with Gasteiger partial charge >= 0.3 is 0 Å². The largest absolute Gasteiger partial charge is 0.382 e. The van der Waals surface area contributed by atoms with Crippen molar-refractivity contribution in [1.29, 1.82) is 0 Å². The molecule has 3 nitrogen and oxygen atoms in total. The van der Waals surface area contributed by atoms with Crippen LogP contribution in [0, 0.1) is 5.92 Å². The average molecular weight is 203 g/mol. The Hall–Kier alpha value is -0.120. The third-order valence-corrected chi connectivity index (χ3v) is 1.99. The second-order valence-corrected chi connectivity index (χ2v) is 3.89. The van der Waals surface area contributed by atoms with Gasteiger partial charge in [0.25, 0.3) is 0 Å². The molecule has 0 radical (unpaired) electrons. The molecule has 0 unspecified atom stereocenters. The molecular formula is C11H25NO2. The van der Waals surface area contributed by atoms with Crippen molar-refractivity contribution in [3.63, 3.8) is 0 Å². The molecular weight excluding hydrogens is 178 g/mol. The number of rotatable bonds is 10. The van der Waals surface area contributed by atoms with E-state index in [-0.39, 0.29) is 0 Å². The van der Waals surface area contributed by atoms with Crippen LogP contribution in [0.4, 0.5) is 0 Å². The second-order valence-electron chi connectivity index (χ2n) is 3.89. The fourth-order valence-corrected chi connectivity index (χ4v) is 1.15. The van der Waals surface area contributed by atoms with Crippen molar-refractivity contribution in [3.8, 4) is 0 Å². The van der Waals surface area contributed by atoms with Gasteiger partial charge in [-0.05, 0) is 25.3 Å². The molecule has 0 aromatic heterocycles. The number of hydrogen-bond donors (Lipinski definition) is 1. The third kappa shape index (κ3) is 11.9. The fourth-order valence-electron chi connectivity index (χ4n) is 1.15. The highest BCUT2D eigenvalue weighted by Crippen LogP contribution is 2.01. The Kier molecular flexibility index (Phi) is 10.9. The average Bonchev–Trinajstić information content (AvgIpc) is 2.15. The van der Waals surface area contributed by atoms with Gasteiger partial charge in [-0.15, -0.1) is 0 Å². The van der Waals surface area contributed by atoms with E-state index in [0.717, 1.165) is 25.6 Å². The van der Waals surface area contributed by atoms with Crippen molar-refractivity contribution in [2.24, 2.45) is 5.92 Å². The Morgan fingerprint density at radius 2 is 1.86 bits per heavy atom. The van der Waals surface area contributed by atoms with Gasteiger partial charge in [0, 0.05) is 13.7 Å². The summed E-state index contributed by atoms with van der Waals surface area (Å²) < 4.78 is 10.2. The van der Waals surface area contributed by atoms with Crippen LogP contribution < -0.4 is 5.32 Å². The predicted octanol–water partition coefficient (Wildman–Crippen LogP) is 1.68. The lowest BCUT2D eigenvalue weighted by atomic mass is 10.1. The molecule has 0 aliphatic rings. The number of nitrogens with one attached hydrogen (secondary N) is 1. The van der Waals surface area contributed by atoms with E-state index >= 15 is 0 Å². The molecule has 0 aliphatic heterocycles. The SMILES string of the molecule is COCCOCCNCCCC(C)C. The first-order valence-electron chi connectivity index (χ1n) is 5.54. The normalized spacial score (nSPS) is 11.1. The lowest BCUT2D eigenvalue weighted by Crippen LogP contribution is -2.21. The van der Waals surface area contributed by atoms with E-state index in [0.29, 0.717) is 13.2 Å². The summed E-state index contributed by atoms with van der Waals surface area (Å²) in [6, 6.07) is 0. The van der Waals surface area contributed by atoms with E-state index in [2.05, 4.69) is 19.2 Å². The van der Waals surface area contributed by atoms with Crippen molar-refractivity contribution >= 4 is 0 Å². The summed E-state index contributed by atoms with van der Waals surface area (Å²) in [5.74, 6) is 0.815. The summed E-state index contributed by atoms with van der Waals surface area (Å²) in [5.41, 5.74) is 0. The van der Waals surface area contributed by atoms with Gasteiger partial charge in [0.1, 0.15) is 0 Å². The van der Waals surface area contributed by atoms with E-state index in [4.69, 9.17) is 9.47 Å². The van der Waals surface area contributed by atoms with Crippen molar-refractivity contribution in [2.45, 2.75) is 26.7 Å². The molecule has 0 aliphatic carbocycles. The van der Waals surface area contributed by atoms with Gasteiger partial charge in [0.2, 0.25) is 0 Å². The quantitative estimate of drug-likeness (QED) is 0.548. The van der Waals surface area contributed by atoms with Gasteiger partial charge in [-0.3, -0.25) is 0 Å². The summed E-state index contributed by atoms with van der Waals surface area (Å²) in [6.45, 7) is 8.73. The minimum Gasteiger partial charge on any atom is -0.382 e. The molecule has 0 saturated heterocycles. The lowest BCUT2D eigenvalue weighted by Gasteiger charge is -2.07. The van der Waals surface area contributed by atoms with Gasteiger partial charge in [-0.1, -0.05) is 13.8 Å². The number of hydrogen-bond acceptors (Lipinski definition) is 3. The molecule has 0 aromatic carbocycles. The minimum absolute atomic E-state index is 0.688. The molecule has 0 aromatic rings. The van der Waals surface area contributed by atoms with Crippen molar-refractivity contribution in [3.05, 3.63) is 0 Å². The van der Waals surface area contributed by atoms with Gasteiger partial charge in [-0.25, -0.2) is 0 Å². The van der Waals surface area contributed by atoms with Gasteiger partial charge in [-0.2, -0.15) is 0 Å². The smallest absolute Gasteiger partial charge is 0.0700 e. The molecule has 0 atom stereocenters. The van der Waals surface area contributed by atoms with Crippen LogP contribution in [0.25, 0.3) is 0 Å². The van der Waals surface area contributed by atoms with Gasteiger partial charge < -0.3 is 14.8 Å². The van der Waals surface area contributed by atoms with E-state index in [9.17, 15) is 0 Å². The monoisotopic (exact) mass is 203 g/mol. The maximum absolute atomic E-state index is 5.31. The fraction of sp³-hybridized carbons (Fsp3) is 1.00. The molecule has 0 amide bonds. The van der Waals surface area contributed by atoms with Crippen LogP contribution in [0.2, 0.25) is 0 Å². The van der Waals surface area contributed by atoms with Crippen LogP contribution >= 0.6 is 0 Å². The third-order valence-electron chi connectivity index (χ3n) is 1.99. The van der Waals surface area contributed by atoms with Gasteiger partial charge in [0.05, 0.1) is 19.8 Å². The van der Waals surface area contributed by atoms with E-state index in [1.165, 1.54) is 12.8 Å². The van der Waals surface area contributed by atoms with Crippen LogP contribution in [-0.4, -0.2) is 40.0 Å². The molecule has 0 saturated carbocycles. The van der Waals surface area contributed by atoms with Crippen LogP contribution in [-0.2, 0) is 9.47 Å². The highest BCUT2D eigenvalue weighted by molar-refractivity contribution is 4.50. The Bertz CT molecular complexity index is 107. The molecule has 86 valence electrons. The van der Waals surface area contributed by atoms with Crippen molar-refractivity contribution in [2.75, 3.05) is 40.0 Å². The van der Waals surface area contributed by atoms with E-state index < -0.39 is 0 Å². The van der Waals surface area contributed by atoms with Crippen LogP contribution in [0.1, 0.15) is 26.7 Å². The Labute approximate surface area is 88.2 Å². The second kappa shape index (κ2) is 11.0. The predicted molar refractivity (Wildman–Crippen MR) is 59.6 cm³/mol. The highest BCUT2D eigenvalue weighted by Gasteiger charge is 1.93. The van der Waals surface area contributed by atoms with Crippen LogP contribution in [0.15, 0.2) is 0 Å². The summed E-state index contributed by atoms with van der Waals surface area (Å²) in [4.78, 5) is 0. The first-order chi connectivity index (χ1) is 6.77. The number of methoxy groups -OCH3 is 1. The minimum atomic E-state index is 0.688. The molecule has 1 N–H and O–H groups in total. The maximum Gasteiger partial charge on any atom is 0.0700 e. The van der Waals surface area contributed by atoms with Crippen LogP contribution in [0.3, 0.4) is 0 Å². The summed E-state index contributed by atoms with van der Waals surface area (Å²) in [7, 11) is 1.69. The highest BCUT2D eigenvalue weighted by atomic mass is 16.5. The molecule has 14 heavy (non-hydrogen) atoms. The van der Waals surface area contributed by atoms with Gasteiger partial charge in [0.15, 0.2) is 0 Å². The maximum atomic E-state index is 5.31. The molecule has 0 rings (SSSR count). The van der Waals surface area contributed by atoms with Crippen LogP contribution in [0.5, 0.6) is 0 Å². The molecule has 0 fully saturated rings. The first kappa shape index (κ1) is 13.9. The summed E-state index contributed by atoms with van der Waals surface area (Å²) in [6.07, 6.45) is 2.56. The molecule has 3 heteroatoms. The zero-order valence-corrected chi connectivity index (χ0v) is 9.84. The molecule has 0 spiro atoms. The number of ether oxygens (including phenoxy) is 2. The van der Waals surface area contributed by atoms with E-state index in [1.807, 2.05) is 0 Å². The van der Waals surface area contributed by atoms with Crippen molar-refractivity contribution < 1.29 is 9.47 Å². The molecule has 0 heterocycles. The molecule has 0 bridgehead atoms. The first-order valence-corrected chi connectivity index (χ1v) is 5.54. The lowest BCUT2D eigenvalue weighted by molar-refractivity contribution is 0.0720. The summed E-state index contributed by atoms with van der Waals surface area (Å²) in [5, 5.41) is 3.35. The topological polar surface area (TPSA) is 30.5 Å². The Morgan fingerprint density at radius 3 is 2.50 bits per heavy atom. The van der Waals surface area contributed by atoms with E-state index in [1.54, 1.807) is 7.11 Å². The summed E-state index contributed by atoms with van der Waals surface area (Å²) >= 11 is 0. The zero-order chi connectivity index (χ0) is 10.6. The Balaban J connectivity index is 2.85. The van der Waals surface area contributed by atoms with Crippen molar-refractivity contribution in [1.82, 2.24) is 5.32 Å².